The number of aromatic nitrogens is 2. The van der Waals surface area contributed by atoms with Crippen LogP contribution in [0.2, 0.25) is 0 Å². The quantitative estimate of drug-likeness (QED) is 0.403. The second kappa shape index (κ2) is 10.7. The Bertz CT molecular complexity index is 1390. The van der Waals surface area contributed by atoms with Crippen LogP contribution in [0, 0.1) is 6.42 Å². The van der Waals surface area contributed by atoms with Crippen molar-refractivity contribution < 1.29 is 23.6 Å². The van der Waals surface area contributed by atoms with E-state index in [0.717, 1.165) is 29.7 Å². The molecule has 2 aromatic heterocycles. The molecule has 0 spiro atoms. The third kappa shape index (κ3) is 5.70. The summed E-state index contributed by atoms with van der Waals surface area (Å²) in [5.41, 5.74) is 7.34. The van der Waals surface area contributed by atoms with E-state index in [1.807, 2.05) is 0 Å². The van der Waals surface area contributed by atoms with Gasteiger partial charge in [0.1, 0.15) is 17.9 Å². The molecule has 5 rings (SSSR count). The number of rotatable bonds is 8. The van der Waals surface area contributed by atoms with Crippen molar-refractivity contribution in [3.8, 4) is 11.3 Å². The molecule has 2 atom stereocenters. The molecule has 12 heteroatoms. The van der Waals surface area contributed by atoms with Gasteiger partial charge >= 0.3 is 0 Å². The van der Waals surface area contributed by atoms with E-state index in [0.29, 0.717) is 16.4 Å². The molecule has 1 aliphatic heterocycles. The second-order valence-electron chi connectivity index (χ2n) is 9.14. The monoisotopic (exact) mass is 535 g/mol. The van der Waals surface area contributed by atoms with E-state index < -0.39 is 29.9 Å². The largest absolute Gasteiger partial charge is 0.364 e. The number of thiazole rings is 1. The Balaban J connectivity index is 1.23. The van der Waals surface area contributed by atoms with E-state index in [1.165, 1.54) is 29.7 Å². The van der Waals surface area contributed by atoms with Crippen molar-refractivity contribution in [1.82, 2.24) is 20.2 Å². The standard InChI is InChI=1S/C26H24FN6O4S/c27-17-11-20(33(12-17)21(34)10-16-2-1-9-29-22(16)23(28)35)25(37)32-26-31-19(13-38-26)14-3-5-15(6-4-14)24(36)30-18-7-8-18/h1-6,9-10,13,17-18,20H,7-8,11-12H2,(H2,28,35)(H,30,36)(H,31,32,37)/t17-,20-/m0/s1. The van der Waals surface area contributed by atoms with Crippen LogP contribution in [0.4, 0.5) is 9.52 Å². The number of benzene rings is 1. The van der Waals surface area contributed by atoms with Gasteiger partial charge in [-0.15, -0.1) is 11.3 Å². The summed E-state index contributed by atoms with van der Waals surface area (Å²) < 4.78 is 14.3. The first-order valence-electron chi connectivity index (χ1n) is 12.0. The highest BCUT2D eigenvalue weighted by Gasteiger charge is 2.40. The number of amides is 4. The van der Waals surface area contributed by atoms with Crippen LogP contribution in [0.25, 0.3) is 11.3 Å². The van der Waals surface area contributed by atoms with Crippen molar-refractivity contribution in [3.05, 3.63) is 71.2 Å². The average molecular weight is 536 g/mol. The molecule has 0 bridgehead atoms. The van der Waals surface area contributed by atoms with Crippen molar-refractivity contribution in [1.29, 1.82) is 0 Å². The molecular formula is C26H24FN6O4S. The molecule has 10 nitrogen and oxygen atoms in total. The molecule has 2 aliphatic rings. The Labute approximate surface area is 221 Å². The van der Waals surface area contributed by atoms with Crippen molar-refractivity contribution in [2.45, 2.75) is 37.5 Å². The smallest absolute Gasteiger partial charge is 0.267 e. The molecule has 4 amide bonds. The van der Waals surface area contributed by atoms with Crippen LogP contribution in [-0.4, -0.2) is 63.3 Å². The summed E-state index contributed by atoms with van der Waals surface area (Å²) in [4.78, 5) is 59.2. The Morgan fingerprint density at radius 1 is 1.13 bits per heavy atom. The predicted octanol–water partition coefficient (Wildman–Crippen LogP) is 2.33. The summed E-state index contributed by atoms with van der Waals surface area (Å²) in [7, 11) is 0. The first kappa shape index (κ1) is 25.5. The summed E-state index contributed by atoms with van der Waals surface area (Å²) in [6.45, 7) is -0.261. The Hall–Kier alpha value is -4.19. The van der Waals surface area contributed by atoms with Crippen LogP contribution in [0.5, 0.6) is 0 Å². The minimum absolute atomic E-state index is 0.0928. The Morgan fingerprint density at radius 2 is 1.89 bits per heavy atom. The molecule has 3 heterocycles. The summed E-state index contributed by atoms with van der Waals surface area (Å²) in [6, 6.07) is 9.24. The molecule has 1 aliphatic carbocycles. The van der Waals surface area contributed by atoms with Gasteiger partial charge in [0, 0.05) is 35.2 Å². The van der Waals surface area contributed by atoms with Gasteiger partial charge in [-0.3, -0.25) is 24.2 Å². The zero-order valence-electron chi connectivity index (χ0n) is 20.1. The highest BCUT2D eigenvalue weighted by molar-refractivity contribution is 7.14. The maximum Gasteiger partial charge on any atom is 0.267 e. The maximum absolute atomic E-state index is 14.3. The number of hydrogen-bond donors (Lipinski definition) is 3. The number of likely N-dealkylation sites (tertiary alicyclic amines) is 1. The van der Waals surface area contributed by atoms with E-state index in [-0.39, 0.29) is 36.2 Å². The number of halogens is 1. The van der Waals surface area contributed by atoms with Gasteiger partial charge in [0.2, 0.25) is 11.8 Å². The molecule has 1 aromatic carbocycles. The molecule has 195 valence electrons. The number of anilines is 1. The van der Waals surface area contributed by atoms with Gasteiger partial charge in [0.15, 0.2) is 5.13 Å². The van der Waals surface area contributed by atoms with E-state index in [1.54, 1.807) is 29.6 Å². The maximum atomic E-state index is 14.3. The van der Waals surface area contributed by atoms with E-state index >= 15 is 0 Å². The fourth-order valence-electron chi connectivity index (χ4n) is 4.17. The van der Waals surface area contributed by atoms with E-state index in [4.69, 9.17) is 5.73 Å². The number of primary amides is 1. The number of nitrogens with two attached hydrogens (primary N) is 1. The summed E-state index contributed by atoms with van der Waals surface area (Å²) in [6.07, 6.45) is 2.97. The lowest BCUT2D eigenvalue weighted by Gasteiger charge is -2.23. The second-order valence-corrected chi connectivity index (χ2v) is 10.00. The lowest BCUT2D eigenvalue weighted by molar-refractivity contribution is -0.133. The van der Waals surface area contributed by atoms with Crippen LogP contribution in [-0.2, 0) is 9.59 Å². The topological polar surface area (TPSA) is 147 Å². The normalized spacial score (nSPS) is 18.7. The number of nitrogens with one attached hydrogen (secondary N) is 2. The first-order chi connectivity index (χ1) is 18.3. The van der Waals surface area contributed by atoms with Crippen molar-refractivity contribution >= 4 is 40.1 Å². The van der Waals surface area contributed by atoms with Crippen LogP contribution >= 0.6 is 11.3 Å². The average Bonchev–Trinajstić information content (AvgIpc) is 3.43. The fourth-order valence-corrected chi connectivity index (χ4v) is 4.90. The van der Waals surface area contributed by atoms with Gasteiger partial charge in [-0.1, -0.05) is 18.2 Å². The Morgan fingerprint density at radius 3 is 2.61 bits per heavy atom. The molecule has 1 saturated carbocycles. The number of pyridine rings is 1. The minimum atomic E-state index is -1.38. The minimum Gasteiger partial charge on any atom is -0.364 e. The number of alkyl halides is 1. The third-order valence-corrected chi connectivity index (χ3v) is 7.03. The van der Waals surface area contributed by atoms with Gasteiger partial charge in [0.25, 0.3) is 11.8 Å². The molecule has 1 radical (unpaired) electrons. The molecule has 3 aromatic rings. The summed E-state index contributed by atoms with van der Waals surface area (Å²) in [5, 5.41) is 7.66. The number of nitrogens with zero attached hydrogens (tertiary/aromatic N) is 3. The molecule has 0 unspecified atom stereocenters. The molecule has 1 saturated heterocycles. The van der Waals surface area contributed by atoms with Crippen LogP contribution in [0.15, 0.2) is 48.0 Å². The third-order valence-electron chi connectivity index (χ3n) is 6.28. The lowest BCUT2D eigenvalue weighted by atomic mass is 10.1. The number of carbonyl (C=O) groups is 4. The predicted molar refractivity (Wildman–Crippen MR) is 138 cm³/mol. The van der Waals surface area contributed by atoms with E-state index in [9.17, 15) is 23.6 Å². The summed E-state index contributed by atoms with van der Waals surface area (Å²) >= 11 is 1.19. The van der Waals surface area contributed by atoms with E-state index in [2.05, 4.69) is 20.6 Å². The SMILES string of the molecule is NC(=O)c1ncccc1[CH]C(=O)N1C[C@@H](F)C[C@H]1C(=O)Nc1nc(-c2ccc(C(=O)NC3CC3)cc2)cs1. The molecule has 38 heavy (non-hydrogen) atoms. The molecular weight excluding hydrogens is 511 g/mol. The fraction of sp³-hybridized carbons (Fsp3) is 0.269. The van der Waals surface area contributed by atoms with Gasteiger partial charge in [-0.2, -0.15) is 0 Å². The van der Waals surface area contributed by atoms with Crippen LogP contribution < -0.4 is 16.4 Å². The molecule has 4 N–H and O–H groups in total. The van der Waals surface area contributed by atoms with Crippen LogP contribution in [0.3, 0.4) is 0 Å². The number of carbonyl (C=O) groups excluding carboxylic acids is 4. The first-order valence-corrected chi connectivity index (χ1v) is 12.9. The van der Waals surface area contributed by atoms with Gasteiger partial charge in [-0.05, 0) is 36.6 Å². The van der Waals surface area contributed by atoms with Crippen molar-refractivity contribution in [2.24, 2.45) is 5.73 Å². The lowest BCUT2D eigenvalue weighted by Crippen LogP contribution is -2.43. The molecule has 2 fully saturated rings. The van der Waals surface area contributed by atoms with Gasteiger partial charge in [-0.25, -0.2) is 9.37 Å². The summed E-state index contributed by atoms with van der Waals surface area (Å²) in [5.74, 6) is -2.12. The number of hydrogen-bond acceptors (Lipinski definition) is 7. The van der Waals surface area contributed by atoms with Gasteiger partial charge in [0.05, 0.1) is 18.7 Å². The zero-order chi connectivity index (χ0) is 26.8. The van der Waals surface area contributed by atoms with Crippen molar-refractivity contribution in [2.75, 3.05) is 11.9 Å². The van der Waals surface area contributed by atoms with Crippen molar-refractivity contribution in [3.63, 3.8) is 0 Å². The zero-order valence-corrected chi connectivity index (χ0v) is 20.9. The van der Waals surface area contributed by atoms with Gasteiger partial charge < -0.3 is 21.3 Å². The van der Waals surface area contributed by atoms with Crippen LogP contribution in [0.1, 0.15) is 45.7 Å². The highest BCUT2D eigenvalue weighted by atomic mass is 32.1. The highest BCUT2D eigenvalue weighted by Crippen LogP contribution is 2.28. The Kier molecular flexibility index (Phi) is 7.14.